The lowest BCUT2D eigenvalue weighted by Crippen LogP contribution is -2.27. The number of hydrogen-bond acceptors (Lipinski definition) is 3. The van der Waals surface area contributed by atoms with Gasteiger partial charge in [-0.3, -0.25) is 4.79 Å². The summed E-state index contributed by atoms with van der Waals surface area (Å²) in [6.45, 7) is 5.86. The molecule has 0 saturated carbocycles. The van der Waals surface area contributed by atoms with Crippen LogP contribution in [-0.4, -0.2) is 33.7 Å². The molecular formula is C18H18ClN3OS. The van der Waals surface area contributed by atoms with E-state index in [4.69, 9.17) is 11.6 Å². The first kappa shape index (κ1) is 15.7. The minimum atomic E-state index is 0.130. The Morgan fingerprint density at radius 2 is 2.17 bits per heavy atom. The van der Waals surface area contributed by atoms with Gasteiger partial charge < -0.3 is 4.90 Å². The number of likely N-dealkylation sites (tertiary alicyclic amines) is 1. The SMILES string of the molecule is Cc1nn(-c2ccccc2Cl)c2sc(C(=O)N3CCC(C)C3)cc12. The van der Waals surface area contributed by atoms with Crippen molar-refractivity contribution in [2.24, 2.45) is 5.92 Å². The van der Waals surface area contributed by atoms with Crippen LogP contribution in [0.25, 0.3) is 15.9 Å². The number of benzene rings is 1. The van der Waals surface area contributed by atoms with Crippen LogP contribution in [0.3, 0.4) is 0 Å². The van der Waals surface area contributed by atoms with E-state index in [1.807, 2.05) is 46.8 Å². The number of carbonyl (C=O) groups excluding carboxylic acids is 1. The van der Waals surface area contributed by atoms with E-state index in [-0.39, 0.29) is 5.91 Å². The Kier molecular flexibility index (Phi) is 3.85. The van der Waals surface area contributed by atoms with Crippen LogP contribution < -0.4 is 0 Å². The fraction of sp³-hybridized carbons (Fsp3) is 0.333. The highest BCUT2D eigenvalue weighted by molar-refractivity contribution is 7.20. The summed E-state index contributed by atoms with van der Waals surface area (Å²) in [5, 5.41) is 6.28. The number of fused-ring (bicyclic) bond motifs is 1. The number of aromatic nitrogens is 2. The van der Waals surface area contributed by atoms with Crippen LogP contribution >= 0.6 is 22.9 Å². The van der Waals surface area contributed by atoms with Gasteiger partial charge in [0.1, 0.15) is 4.83 Å². The maximum Gasteiger partial charge on any atom is 0.264 e. The van der Waals surface area contributed by atoms with Crippen LogP contribution in [0.2, 0.25) is 5.02 Å². The highest BCUT2D eigenvalue weighted by Crippen LogP contribution is 2.33. The summed E-state index contributed by atoms with van der Waals surface area (Å²) in [5.74, 6) is 0.717. The van der Waals surface area contributed by atoms with E-state index in [0.29, 0.717) is 10.9 Å². The molecule has 0 aliphatic carbocycles. The van der Waals surface area contributed by atoms with Crippen molar-refractivity contribution in [3.05, 3.63) is 45.9 Å². The van der Waals surface area contributed by atoms with Gasteiger partial charge in [0.15, 0.2) is 0 Å². The summed E-state index contributed by atoms with van der Waals surface area (Å²) in [5.41, 5.74) is 1.75. The standard InChI is InChI=1S/C18H18ClN3OS/c1-11-7-8-21(10-11)17(23)16-9-13-12(2)20-22(18(13)24-16)15-6-4-3-5-14(15)19/h3-6,9,11H,7-8,10H2,1-2H3. The topological polar surface area (TPSA) is 38.1 Å². The predicted octanol–water partition coefficient (Wildman–Crippen LogP) is 4.53. The van der Waals surface area contributed by atoms with Crippen LogP contribution in [0.4, 0.5) is 0 Å². The normalized spacial score (nSPS) is 17.8. The first-order valence-corrected chi connectivity index (χ1v) is 9.27. The third-order valence-electron chi connectivity index (χ3n) is 4.55. The Bertz CT molecular complexity index is 930. The Hall–Kier alpha value is -1.85. The van der Waals surface area contributed by atoms with Crippen LogP contribution in [-0.2, 0) is 0 Å². The van der Waals surface area contributed by atoms with Crippen molar-refractivity contribution < 1.29 is 4.79 Å². The van der Waals surface area contributed by atoms with Gasteiger partial charge in [-0.25, -0.2) is 4.68 Å². The Labute approximate surface area is 149 Å². The van der Waals surface area contributed by atoms with Crippen molar-refractivity contribution in [1.29, 1.82) is 0 Å². The van der Waals surface area contributed by atoms with E-state index in [0.717, 1.165) is 46.0 Å². The van der Waals surface area contributed by atoms with Gasteiger partial charge in [-0.1, -0.05) is 30.7 Å². The molecule has 0 spiro atoms. The minimum absolute atomic E-state index is 0.130. The molecule has 3 aromatic rings. The van der Waals surface area contributed by atoms with Gasteiger partial charge in [0.25, 0.3) is 5.91 Å². The monoisotopic (exact) mass is 359 g/mol. The Balaban J connectivity index is 1.78. The molecule has 1 aliphatic rings. The van der Waals surface area contributed by atoms with Gasteiger partial charge in [0, 0.05) is 18.5 Å². The third kappa shape index (κ3) is 2.52. The number of rotatable bonds is 2. The average Bonchev–Trinajstić information content (AvgIpc) is 3.25. The minimum Gasteiger partial charge on any atom is -0.338 e. The molecule has 1 atom stereocenters. The molecular weight excluding hydrogens is 342 g/mol. The molecule has 1 fully saturated rings. The van der Waals surface area contributed by atoms with Crippen molar-refractivity contribution in [2.75, 3.05) is 13.1 Å². The zero-order valence-corrected chi connectivity index (χ0v) is 15.2. The molecule has 0 bridgehead atoms. The van der Waals surface area contributed by atoms with E-state index in [9.17, 15) is 4.79 Å². The van der Waals surface area contributed by atoms with Crippen LogP contribution in [0.5, 0.6) is 0 Å². The number of hydrogen-bond donors (Lipinski definition) is 0. The maximum absolute atomic E-state index is 12.8. The number of aryl methyl sites for hydroxylation is 1. The third-order valence-corrected chi connectivity index (χ3v) is 5.97. The number of amides is 1. The highest BCUT2D eigenvalue weighted by atomic mass is 35.5. The predicted molar refractivity (Wildman–Crippen MR) is 98.4 cm³/mol. The van der Waals surface area contributed by atoms with Gasteiger partial charge in [0.2, 0.25) is 0 Å². The van der Waals surface area contributed by atoms with Gasteiger partial charge in [-0.15, -0.1) is 11.3 Å². The van der Waals surface area contributed by atoms with E-state index in [1.54, 1.807) is 0 Å². The second-order valence-corrected chi connectivity index (χ2v) is 7.86. The van der Waals surface area contributed by atoms with Crippen LogP contribution in [0.1, 0.15) is 28.7 Å². The molecule has 0 radical (unpaired) electrons. The molecule has 1 amide bonds. The first-order valence-electron chi connectivity index (χ1n) is 8.08. The lowest BCUT2D eigenvalue weighted by molar-refractivity contribution is 0.0793. The number of thiophene rings is 1. The van der Waals surface area contributed by atoms with Gasteiger partial charge >= 0.3 is 0 Å². The summed E-state index contributed by atoms with van der Waals surface area (Å²) in [6.07, 6.45) is 1.09. The fourth-order valence-electron chi connectivity index (χ4n) is 3.21. The molecule has 3 heterocycles. The zero-order valence-electron chi connectivity index (χ0n) is 13.6. The zero-order chi connectivity index (χ0) is 16.8. The lowest BCUT2D eigenvalue weighted by Gasteiger charge is -2.14. The van der Waals surface area contributed by atoms with Crippen LogP contribution in [0.15, 0.2) is 30.3 Å². The van der Waals surface area contributed by atoms with E-state index in [2.05, 4.69) is 12.0 Å². The van der Waals surface area contributed by atoms with E-state index < -0.39 is 0 Å². The molecule has 6 heteroatoms. The van der Waals surface area contributed by atoms with Gasteiger partial charge in [-0.05, 0) is 37.5 Å². The second-order valence-electron chi connectivity index (χ2n) is 6.42. The molecule has 124 valence electrons. The van der Waals surface area contributed by atoms with Gasteiger partial charge in [0.05, 0.1) is 21.3 Å². The molecule has 1 saturated heterocycles. The number of nitrogens with zero attached hydrogens (tertiary/aromatic N) is 3. The molecule has 1 unspecified atom stereocenters. The molecule has 1 aromatic carbocycles. The maximum atomic E-state index is 12.8. The summed E-state index contributed by atoms with van der Waals surface area (Å²) in [6, 6.07) is 9.61. The molecule has 1 aliphatic heterocycles. The molecule has 0 N–H and O–H groups in total. The van der Waals surface area contributed by atoms with Crippen molar-refractivity contribution in [1.82, 2.24) is 14.7 Å². The first-order chi connectivity index (χ1) is 11.5. The molecule has 2 aromatic heterocycles. The van der Waals surface area contributed by atoms with Crippen molar-refractivity contribution in [2.45, 2.75) is 20.3 Å². The second kappa shape index (κ2) is 5.90. The number of halogens is 1. The highest BCUT2D eigenvalue weighted by Gasteiger charge is 2.26. The largest absolute Gasteiger partial charge is 0.338 e. The van der Waals surface area contributed by atoms with Crippen LogP contribution in [0, 0.1) is 12.8 Å². The molecule has 4 rings (SSSR count). The van der Waals surface area contributed by atoms with Crippen molar-refractivity contribution >= 4 is 39.1 Å². The molecule has 24 heavy (non-hydrogen) atoms. The smallest absolute Gasteiger partial charge is 0.264 e. The van der Waals surface area contributed by atoms with Gasteiger partial charge in [-0.2, -0.15) is 5.10 Å². The van der Waals surface area contributed by atoms with Crippen molar-refractivity contribution in [3.63, 3.8) is 0 Å². The summed E-state index contributed by atoms with van der Waals surface area (Å²) in [4.78, 5) is 16.5. The summed E-state index contributed by atoms with van der Waals surface area (Å²) in [7, 11) is 0. The van der Waals surface area contributed by atoms with E-state index >= 15 is 0 Å². The summed E-state index contributed by atoms with van der Waals surface area (Å²) < 4.78 is 1.85. The average molecular weight is 360 g/mol. The fourth-order valence-corrected chi connectivity index (χ4v) is 4.57. The number of para-hydroxylation sites is 1. The molecule has 4 nitrogen and oxygen atoms in total. The van der Waals surface area contributed by atoms with Crippen molar-refractivity contribution in [3.8, 4) is 5.69 Å². The Morgan fingerprint density at radius 3 is 2.88 bits per heavy atom. The quantitative estimate of drug-likeness (QED) is 0.674. The summed E-state index contributed by atoms with van der Waals surface area (Å²) >= 11 is 7.82. The number of carbonyl (C=O) groups is 1. The lowest BCUT2D eigenvalue weighted by atomic mass is 10.2. The van der Waals surface area contributed by atoms with E-state index in [1.165, 1.54) is 11.3 Å². The Morgan fingerprint density at radius 1 is 1.38 bits per heavy atom.